The van der Waals surface area contributed by atoms with E-state index in [2.05, 4.69) is 55.5 Å². The van der Waals surface area contributed by atoms with Crippen LogP contribution in [-0.4, -0.2) is 0 Å². The fourth-order valence-corrected chi connectivity index (χ4v) is 1.41. The van der Waals surface area contributed by atoms with E-state index in [1.54, 1.807) is 0 Å². The van der Waals surface area contributed by atoms with Crippen LogP contribution in [0.5, 0.6) is 0 Å². The molecule has 0 heterocycles. The molecule has 1 aliphatic carbocycles. The fraction of sp³-hybridized carbons (Fsp3) is 0.0769. The van der Waals surface area contributed by atoms with E-state index in [9.17, 15) is 0 Å². The van der Waals surface area contributed by atoms with E-state index >= 15 is 0 Å². The van der Waals surface area contributed by atoms with Gasteiger partial charge in [-0.05, 0) is 29.7 Å². The van der Waals surface area contributed by atoms with Crippen molar-refractivity contribution >= 4 is 6.08 Å². The van der Waals surface area contributed by atoms with E-state index in [-0.39, 0.29) is 0 Å². The molecule has 2 rings (SSSR count). The Morgan fingerprint density at radius 3 is 2.46 bits per heavy atom. The van der Waals surface area contributed by atoms with Crippen molar-refractivity contribution in [2.75, 3.05) is 0 Å². The molecule has 0 N–H and O–H groups in total. The van der Waals surface area contributed by atoms with Gasteiger partial charge in [-0.15, -0.1) is 0 Å². The van der Waals surface area contributed by atoms with Crippen LogP contribution in [0.25, 0.3) is 6.08 Å². The monoisotopic (exact) mass is 168 g/mol. The minimum absolute atomic E-state index is 1.26. The summed E-state index contributed by atoms with van der Waals surface area (Å²) >= 11 is 0. The van der Waals surface area contributed by atoms with Gasteiger partial charge in [0.15, 0.2) is 0 Å². The molecule has 64 valence electrons. The van der Waals surface area contributed by atoms with Gasteiger partial charge in [0, 0.05) is 0 Å². The third kappa shape index (κ3) is 1.78. The zero-order valence-corrected chi connectivity index (χ0v) is 7.70. The molecule has 0 aliphatic heterocycles. The van der Waals surface area contributed by atoms with Crippen LogP contribution in [0.4, 0.5) is 0 Å². The second-order valence-corrected chi connectivity index (χ2v) is 3.22. The van der Waals surface area contributed by atoms with Gasteiger partial charge >= 0.3 is 0 Å². The minimum atomic E-state index is 1.26. The van der Waals surface area contributed by atoms with E-state index in [4.69, 9.17) is 0 Å². The lowest BCUT2D eigenvalue weighted by molar-refractivity contribution is 1.49. The molecular formula is C13H12. The van der Waals surface area contributed by atoms with Crippen molar-refractivity contribution in [3.8, 4) is 0 Å². The predicted molar refractivity (Wildman–Crippen MR) is 57.3 cm³/mol. The molecule has 0 nitrogen and oxygen atoms in total. The summed E-state index contributed by atoms with van der Waals surface area (Å²) in [4.78, 5) is 0. The number of allylic oxidation sites excluding steroid dienone is 5. The first-order valence-electron chi connectivity index (χ1n) is 4.48. The summed E-state index contributed by atoms with van der Waals surface area (Å²) < 4.78 is 0. The van der Waals surface area contributed by atoms with Crippen LogP contribution in [0.3, 0.4) is 0 Å². The summed E-state index contributed by atoms with van der Waals surface area (Å²) in [6.45, 7) is 2.13. The van der Waals surface area contributed by atoms with Crippen LogP contribution in [0.15, 0.2) is 59.7 Å². The summed E-state index contributed by atoms with van der Waals surface area (Å²) in [5.74, 6) is 0. The highest BCUT2D eigenvalue weighted by Crippen LogP contribution is 2.20. The molecule has 0 saturated heterocycles. The number of hydrogen-bond donors (Lipinski definition) is 0. The van der Waals surface area contributed by atoms with Gasteiger partial charge in [-0.3, -0.25) is 0 Å². The van der Waals surface area contributed by atoms with Crippen molar-refractivity contribution in [3.05, 3.63) is 65.3 Å². The quantitative estimate of drug-likeness (QED) is 0.601. The molecule has 0 aromatic heterocycles. The van der Waals surface area contributed by atoms with E-state index in [0.717, 1.165) is 0 Å². The molecular weight excluding hydrogens is 156 g/mol. The topological polar surface area (TPSA) is 0 Å². The van der Waals surface area contributed by atoms with Crippen LogP contribution < -0.4 is 0 Å². The lowest BCUT2D eigenvalue weighted by Crippen LogP contribution is -1.76. The van der Waals surface area contributed by atoms with Crippen molar-refractivity contribution < 1.29 is 0 Å². The van der Waals surface area contributed by atoms with Crippen molar-refractivity contribution in [1.82, 2.24) is 0 Å². The van der Waals surface area contributed by atoms with Crippen LogP contribution in [-0.2, 0) is 0 Å². The Labute approximate surface area is 78.9 Å². The molecule has 0 bridgehead atoms. The molecule has 13 heavy (non-hydrogen) atoms. The Bertz CT molecular complexity index is 378. The highest BCUT2D eigenvalue weighted by Gasteiger charge is 1.99. The molecule has 0 spiro atoms. The summed E-state index contributed by atoms with van der Waals surface area (Å²) in [6.07, 6.45) is 8.57. The maximum atomic E-state index is 2.20. The normalized spacial score (nSPS) is 17.9. The molecule has 0 radical (unpaired) electrons. The van der Waals surface area contributed by atoms with Crippen molar-refractivity contribution in [3.63, 3.8) is 0 Å². The second kappa shape index (κ2) is 3.44. The average molecular weight is 168 g/mol. The van der Waals surface area contributed by atoms with Crippen LogP contribution in [0, 0.1) is 0 Å². The zero-order chi connectivity index (χ0) is 9.10. The van der Waals surface area contributed by atoms with E-state index in [1.807, 2.05) is 6.07 Å². The van der Waals surface area contributed by atoms with Gasteiger partial charge in [0.2, 0.25) is 0 Å². The molecule has 0 saturated carbocycles. The van der Waals surface area contributed by atoms with Crippen molar-refractivity contribution in [2.24, 2.45) is 0 Å². The van der Waals surface area contributed by atoms with E-state index in [1.165, 1.54) is 16.7 Å². The number of rotatable bonds is 1. The van der Waals surface area contributed by atoms with Crippen LogP contribution in [0.2, 0.25) is 0 Å². The Balaban J connectivity index is 2.32. The van der Waals surface area contributed by atoms with Gasteiger partial charge in [0.05, 0.1) is 0 Å². The van der Waals surface area contributed by atoms with E-state index < -0.39 is 0 Å². The largest absolute Gasteiger partial charge is 0.0622 e. The maximum absolute atomic E-state index is 2.20. The summed E-state index contributed by atoms with van der Waals surface area (Å²) in [7, 11) is 0. The molecule has 1 aliphatic rings. The van der Waals surface area contributed by atoms with Gasteiger partial charge in [-0.25, -0.2) is 0 Å². The number of hydrogen-bond acceptors (Lipinski definition) is 0. The Kier molecular flexibility index (Phi) is 2.13. The van der Waals surface area contributed by atoms with Gasteiger partial charge in [-0.1, -0.05) is 48.6 Å². The third-order valence-electron chi connectivity index (χ3n) is 2.20. The van der Waals surface area contributed by atoms with Gasteiger partial charge in [-0.2, -0.15) is 0 Å². The highest BCUT2D eigenvalue weighted by atomic mass is 14.0. The molecule has 0 amide bonds. The van der Waals surface area contributed by atoms with Gasteiger partial charge < -0.3 is 0 Å². The average Bonchev–Trinajstić information content (AvgIpc) is 2.54. The number of benzene rings is 1. The minimum Gasteiger partial charge on any atom is -0.0622 e. The molecule has 1 aromatic rings. The van der Waals surface area contributed by atoms with Gasteiger partial charge in [0.1, 0.15) is 0 Å². The molecule has 0 fully saturated rings. The SMILES string of the molecule is CC1=CC=CC1=Cc1ccccc1. The molecule has 0 unspecified atom stereocenters. The lowest BCUT2D eigenvalue weighted by Gasteiger charge is -1.97. The van der Waals surface area contributed by atoms with Crippen LogP contribution in [0.1, 0.15) is 12.5 Å². The van der Waals surface area contributed by atoms with Crippen molar-refractivity contribution in [1.29, 1.82) is 0 Å². The standard InChI is InChI=1S/C13H12/c1-11-6-5-9-13(11)10-12-7-3-2-4-8-12/h2-10H,1H3. The Hall–Kier alpha value is -1.56. The smallest absolute Gasteiger partial charge is 0.0221 e. The second-order valence-electron chi connectivity index (χ2n) is 3.22. The Morgan fingerprint density at radius 2 is 1.85 bits per heavy atom. The van der Waals surface area contributed by atoms with E-state index in [0.29, 0.717) is 0 Å². The fourth-order valence-electron chi connectivity index (χ4n) is 1.41. The first kappa shape index (κ1) is 8.06. The highest BCUT2D eigenvalue weighted by molar-refractivity contribution is 5.64. The zero-order valence-electron chi connectivity index (χ0n) is 7.70. The first-order chi connectivity index (χ1) is 6.36. The van der Waals surface area contributed by atoms with Gasteiger partial charge in [0.25, 0.3) is 0 Å². The molecule has 1 aromatic carbocycles. The summed E-state index contributed by atoms with van der Waals surface area (Å²) in [5.41, 5.74) is 3.91. The maximum Gasteiger partial charge on any atom is -0.0221 e. The molecule has 0 atom stereocenters. The predicted octanol–water partition coefficient (Wildman–Crippen LogP) is 3.59. The van der Waals surface area contributed by atoms with Crippen LogP contribution >= 0.6 is 0 Å². The Morgan fingerprint density at radius 1 is 1.08 bits per heavy atom. The van der Waals surface area contributed by atoms with Crippen molar-refractivity contribution in [2.45, 2.75) is 6.92 Å². The summed E-state index contributed by atoms with van der Waals surface area (Å²) in [5, 5.41) is 0. The summed E-state index contributed by atoms with van der Waals surface area (Å²) in [6, 6.07) is 10.4. The first-order valence-corrected chi connectivity index (χ1v) is 4.48. The molecule has 0 heteroatoms. The lowest BCUT2D eigenvalue weighted by atomic mass is 10.1. The third-order valence-corrected chi connectivity index (χ3v) is 2.20.